The highest BCUT2D eigenvalue weighted by atomic mass is 16.4. The molecule has 1 heterocycles. The van der Waals surface area contributed by atoms with Gasteiger partial charge in [-0.1, -0.05) is 13.8 Å². The van der Waals surface area contributed by atoms with Crippen molar-refractivity contribution < 1.29 is 9.52 Å². The van der Waals surface area contributed by atoms with Crippen molar-refractivity contribution in [2.24, 2.45) is 16.7 Å². The molecule has 3 nitrogen and oxygen atoms in total. The van der Waals surface area contributed by atoms with Gasteiger partial charge in [-0.3, -0.25) is 0 Å². The van der Waals surface area contributed by atoms with Crippen molar-refractivity contribution in [1.82, 2.24) is 5.32 Å². The fourth-order valence-corrected chi connectivity index (χ4v) is 6.52. The number of rotatable bonds is 4. The van der Waals surface area contributed by atoms with Gasteiger partial charge in [0.25, 0.3) is 0 Å². The van der Waals surface area contributed by atoms with Crippen molar-refractivity contribution >= 4 is 0 Å². The van der Waals surface area contributed by atoms with E-state index in [1.54, 1.807) is 0 Å². The van der Waals surface area contributed by atoms with Gasteiger partial charge in [0, 0.05) is 5.54 Å². The molecule has 2 atom stereocenters. The van der Waals surface area contributed by atoms with Crippen molar-refractivity contribution in [3.05, 3.63) is 23.7 Å². The quantitative estimate of drug-likeness (QED) is 0.890. The van der Waals surface area contributed by atoms with Crippen LogP contribution in [0, 0.1) is 16.7 Å². The molecule has 0 aromatic carbocycles. The van der Waals surface area contributed by atoms with Crippen LogP contribution in [0.1, 0.15) is 63.9 Å². The minimum atomic E-state index is -0.0106. The minimum absolute atomic E-state index is 0.0106. The van der Waals surface area contributed by atoms with Gasteiger partial charge in [-0.25, -0.2) is 0 Å². The smallest absolute Gasteiger partial charge is 0.129 e. The summed E-state index contributed by atoms with van der Waals surface area (Å²) in [5.74, 6) is 2.52. The molecule has 1 aromatic rings. The first kappa shape index (κ1) is 13.8. The van der Waals surface area contributed by atoms with Crippen LogP contribution >= 0.6 is 0 Å². The molecule has 5 rings (SSSR count). The van der Waals surface area contributed by atoms with E-state index in [4.69, 9.17) is 9.52 Å². The molecule has 3 heteroatoms. The van der Waals surface area contributed by atoms with Crippen LogP contribution in [0.15, 0.2) is 16.5 Å². The summed E-state index contributed by atoms with van der Waals surface area (Å²) in [6.45, 7) is 5.79. The van der Waals surface area contributed by atoms with Gasteiger partial charge in [-0.2, -0.15) is 0 Å². The highest BCUT2D eigenvalue weighted by Crippen LogP contribution is 2.66. The average Bonchev–Trinajstić information content (AvgIpc) is 2.80. The molecule has 0 saturated heterocycles. The summed E-state index contributed by atoms with van der Waals surface area (Å²) < 4.78 is 5.63. The Bertz CT molecular complexity index is 531. The standard InChI is InChI=1S/C18H27NO2/c1-16-5-13-6-17(2,10-16)12-18(7-13,11-16)19-8-14-3-4-15(9-20)21-14/h3-4,13,19-20H,5-12H2,1-2H3. The molecule has 4 saturated carbocycles. The highest BCUT2D eigenvalue weighted by Gasteiger charge is 2.59. The van der Waals surface area contributed by atoms with E-state index >= 15 is 0 Å². The van der Waals surface area contributed by atoms with Gasteiger partial charge in [0.2, 0.25) is 0 Å². The van der Waals surface area contributed by atoms with Crippen molar-refractivity contribution in [1.29, 1.82) is 0 Å². The van der Waals surface area contributed by atoms with E-state index in [2.05, 4.69) is 19.2 Å². The van der Waals surface area contributed by atoms with Gasteiger partial charge in [0.1, 0.15) is 18.1 Å². The molecular weight excluding hydrogens is 262 g/mol. The Morgan fingerprint density at radius 3 is 2.33 bits per heavy atom. The van der Waals surface area contributed by atoms with Gasteiger partial charge < -0.3 is 14.8 Å². The number of hydrogen-bond acceptors (Lipinski definition) is 3. The van der Waals surface area contributed by atoms with Crippen LogP contribution in [0.3, 0.4) is 0 Å². The van der Waals surface area contributed by atoms with E-state index in [1.165, 1.54) is 38.5 Å². The molecule has 2 N–H and O–H groups in total. The molecule has 4 aliphatic carbocycles. The third-order valence-corrected chi connectivity index (χ3v) is 6.14. The Kier molecular flexibility index (Phi) is 2.87. The number of aliphatic hydroxyl groups excluding tert-OH is 1. The first-order valence-corrected chi connectivity index (χ1v) is 8.35. The van der Waals surface area contributed by atoms with E-state index < -0.39 is 0 Å². The van der Waals surface area contributed by atoms with Crippen molar-refractivity contribution in [3.8, 4) is 0 Å². The Morgan fingerprint density at radius 2 is 1.76 bits per heavy atom. The maximum Gasteiger partial charge on any atom is 0.129 e. The molecule has 116 valence electrons. The molecule has 0 amide bonds. The summed E-state index contributed by atoms with van der Waals surface area (Å²) >= 11 is 0. The highest BCUT2D eigenvalue weighted by molar-refractivity contribution is 5.15. The average molecular weight is 289 g/mol. The van der Waals surface area contributed by atoms with Crippen LogP contribution in [0.4, 0.5) is 0 Å². The largest absolute Gasteiger partial charge is 0.462 e. The van der Waals surface area contributed by atoms with Crippen LogP contribution in [-0.4, -0.2) is 10.6 Å². The molecule has 4 bridgehead atoms. The summed E-state index contributed by atoms with van der Waals surface area (Å²) in [5.41, 5.74) is 1.40. The molecule has 0 aliphatic heterocycles. The lowest BCUT2D eigenvalue weighted by Crippen LogP contribution is -2.63. The van der Waals surface area contributed by atoms with Gasteiger partial charge >= 0.3 is 0 Å². The van der Waals surface area contributed by atoms with E-state index in [0.717, 1.165) is 18.2 Å². The van der Waals surface area contributed by atoms with E-state index in [1.807, 2.05) is 12.1 Å². The number of nitrogens with one attached hydrogen (secondary N) is 1. The lowest BCUT2D eigenvalue weighted by molar-refractivity contribution is -0.118. The maximum atomic E-state index is 9.10. The van der Waals surface area contributed by atoms with Gasteiger partial charge in [0.15, 0.2) is 0 Å². The van der Waals surface area contributed by atoms with Gasteiger partial charge in [-0.05, 0) is 67.4 Å². The molecule has 0 spiro atoms. The zero-order chi connectivity index (χ0) is 14.7. The summed E-state index contributed by atoms with van der Waals surface area (Å²) in [5, 5.41) is 13.0. The van der Waals surface area contributed by atoms with Crippen LogP contribution in [0.25, 0.3) is 0 Å². The molecule has 4 fully saturated rings. The van der Waals surface area contributed by atoms with Crippen LogP contribution in [0.2, 0.25) is 0 Å². The lowest BCUT2D eigenvalue weighted by atomic mass is 9.43. The van der Waals surface area contributed by atoms with Crippen LogP contribution in [-0.2, 0) is 13.2 Å². The second-order valence-corrected chi connectivity index (χ2v) is 8.79. The van der Waals surface area contributed by atoms with Crippen molar-refractivity contribution in [2.45, 2.75) is 71.1 Å². The summed E-state index contributed by atoms with van der Waals surface area (Å²) in [6.07, 6.45) is 8.25. The SMILES string of the molecule is CC12CC3CC(C)(C1)CC(NCc1ccc(CO)o1)(C3)C2. The van der Waals surface area contributed by atoms with Gasteiger partial charge in [-0.15, -0.1) is 0 Å². The third-order valence-electron chi connectivity index (χ3n) is 6.14. The second-order valence-electron chi connectivity index (χ2n) is 8.79. The molecule has 21 heavy (non-hydrogen) atoms. The number of furan rings is 1. The Balaban J connectivity index is 1.51. The lowest BCUT2D eigenvalue weighted by Gasteiger charge is -2.65. The summed E-state index contributed by atoms with van der Waals surface area (Å²) in [6, 6.07) is 3.86. The van der Waals surface area contributed by atoms with Gasteiger partial charge in [0.05, 0.1) is 6.54 Å². The fraction of sp³-hybridized carbons (Fsp3) is 0.778. The van der Waals surface area contributed by atoms with E-state index in [-0.39, 0.29) is 6.61 Å². The van der Waals surface area contributed by atoms with Crippen molar-refractivity contribution in [2.75, 3.05) is 0 Å². The van der Waals surface area contributed by atoms with Crippen LogP contribution in [0.5, 0.6) is 0 Å². The molecule has 1 aromatic heterocycles. The minimum Gasteiger partial charge on any atom is -0.462 e. The normalized spacial score (nSPS) is 44.4. The first-order valence-electron chi connectivity index (χ1n) is 8.35. The fourth-order valence-electron chi connectivity index (χ4n) is 6.52. The topological polar surface area (TPSA) is 45.4 Å². The third kappa shape index (κ3) is 2.35. The monoisotopic (exact) mass is 289 g/mol. The Hall–Kier alpha value is -0.800. The predicted molar refractivity (Wildman–Crippen MR) is 81.6 cm³/mol. The van der Waals surface area contributed by atoms with E-state index in [9.17, 15) is 0 Å². The summed E-state index contributed by atoms with van der Waals surface area (Å²) in [7, 11) is 0. The second kappa shape index (κ2) is 4.36. The zero-order valence-corrected chi connectivity index (χ0v) is 13.2. The predicted octanol–water partition coefficient (Wildman–Crippen LogP) is 3.61. The number of aliphatic hydroxyl groups is 1. The first-order chi connectivity index (χ1) is 9.92. The summed E-state index contributed by atoms with van der Waals surface area (Å²) in [4.78, 5) is 0. The molecule has 2 unspecified atom stereocenters. The zero-order valence-electron chi connectivity index (χ0n) is 13.2. The Labute approximate surface area is 127 Å². The van der Waals surface area contributed by atoms with E-state index in [0.29, 0.717) is 22.1 Å². The maximum absolute atomic E-state index is 9.10. The number of hydrogen-bond donors (Lipinski definition) is 2. The van der Waals surface area contributed by atoms with Crippen molar-refractivity contribution in [3.63, 3.8) is 0 Å². The Morgan fingerprint density at radius 1 is 1.10 bits per heavy atom. The molecule has 4 aliphatic rings. The van der Waals surface area contributed by atoms with Crippen LogP contribution < -0.4 is 5.32 Å². The molecule has 0 radical (unpaired) electrons. The molecular formula is C18H27NO2.